The standard InChI is InChI=1S/C17H15N/c1-12-6-11-16(13-7-9-14(18)10-8-13)17-5-3-2-4-15(12)17/h2-11H,18H2,1H3. The molecule has 88 valence electrons. The molecule has 3 rings (SSSR count). The fraction of sp³-hybridized carbons (Fsp3) is 0.0588. The Morgan fingerprint density at radius 3 is 2.11 bits per heavy atom. The molecule has 1 heteroatoms. The lowest BCUT2D eigenvalue weighted by Crippen LogP contribution is -1.86. The van der Waals surface area contributed by atoms with Gasteiger partial charge in [-0.05, 0) is 46.5 Å². The number of anilines is 1. The van der Waals surface area contributed by atoms with Crippen LogP contribution in [-0.4, -0.2) is 0 Å². The first kappa shape index (κ1) is 10.8. The molecular formula is C17H15N. The maximum Gasteiger partial charge on any atom is 0.0314 e. The molecular weight excluding hydrogens is 218 g/mol. The Kier molecular flexibility index (Phi) is 2.52. The van der Waals surface area contributed by atoms with E-state index in [0.29, 0.717) is 0 Å². The summed E-state index contributed by atoms with van der Waals surface area (Å²) in [6.45, 7) is 2.15. The van der Waals surface area contributed by atoms with Gasteiger partial charge in [-0.1, -0.05) is 48.5 Å². The van der Waals surface area contributed by atoms with Gasteiger partial charge in [-0.2, -0.15) is 0 Å². The maximum atomic E-state index is 5.74. The molecule has 3 aromatic rings. The molecule has 0 radical (unpaired) electrons. The number of nitrogens with two attached hydrogens (primary N) is 1. The van der Waals surface area contributed by atoms with E-state index < -0.39 is 0 Å². The fourth-order valence-corrected chi connectivity index (χ4v) is 2.36. The van der Waals surface area contributed by atoms with Gasteiger partial charge in [-0.15, -0.1) is 0 Å². The van der Waals surface area contributed by atoms with Crippen LogP contribution in [0.15, 0.2) is 60.7 Å². The minimum Gasteiger partial charge on any atom is -0.399 e. The average Bonchev–Trinajstić information content (AvgIpc) is 2.41. The second kappa shape index (κ2) is 4.19. The van der Waals surface area contributed by atoms with Gasteiger partial charge in [-0.3, -0.25) is 0 Å². The van der Waals surface area contributed by atoms with Crippen LogP contribution in [0, 0.1) is 6.92 Å². The van der Waals surface area contributed by atoms with Crippen LogP contribution in [0.2, 0.25) is 0 Å². The molecule has 1 nitrogen and oxygen atoms in total. The summed E-state index contributed by atoms with van der Waals surface area (Å²) in [7, 11) is 0. The molecule has 18 heavy (non-hydrogen) atoms. The van der Waals surface area contributed by atoms with Crippen LogP contribution in [-0.2, 0) is 0 Å². The van der Waals surface area contributed by atoms with Crippen LogP contribution < -0.4 is 5.73 Å². The van der Waals surface area contributed by atoms with Crippen LogP contribution >= 0.6 is 0 Å². The Hall–Kier alpha value is -2.28. The van der Waals surface area contributed by atoms with E-state index in [0.717, 1.165) is 5.69 Å². The summed E-state index contributed by atoms with van der Waals surface area (Å²) < 4.78 is 0. The van der Waals surface area contributed by atoms with Gasteiger partial charge in [0.05, 0.1) is 0 Å². The Labute approximate surface area is 107 Å². The van der Waals surface area contributed by atoms with Gasteiger partial charge in [-0.25, -0.2) is 0 Å². The summed E-state index contributed by atoms with van der Waals surface area (Å²) in [6.07, 6.45) is 0. The Bertz CT molecular complexity index is 696. The molecule has 0 aliphatic carbocycles. The first-order chi connectivity index (χ1) is 8.75. The molecule has 0 saturated carbocycles. The highest BCUT2D eigenvalue weighted by Crippen LogP contribution is 2.30. The molecule has 0 amide bonds. The zero-order valence-corrected chi connectivity index (χ0v) is 10.4. The van der Waals surface area contributed by atoms with Crippen LogP contribution in [0.4, 0.5) is 5.69 Å². The van der Waals surface area contributed by atoms with Gasteiger partial charge in [0, 0.05) is 5.69 Å². The van der Waals surface area contributed by atoms with Gasteiger partial charge in [0.1, 0.15) is 0 Å². The van der Waals surface area contributed by atoms with Gasteiger partial charge in [0.25, 0.3) is 0 Å². The molecule has 0 saturated heterocycles. The van der Waals surface area contributed by atoms with Crippen molar-refractivity contribution in [2.75, 3.05) is 5.73 Å². The van der Waals surface area contributed by atoms with Crippen molar-refractivity contribution in [2.45, 2.75) is 6.92 Å². The molecule has 0 aliphatic heterocycles. The van der Waals surface area contributed by atoms with E-state index in [-0.39, 0.29) is 0 Å². The molecule has 0 aromatic heterocycles. The number of hydrogen-bond donors (Lipinski definition) is 1. The molecule has 3 aromatic carbocycles. The molecule has 2 N–H and O–H groups in total. The van der Waals surface area contributed by atoms with Crippen molar-refractivity contribution in [3.8, 4) is 11.1 Å². The second-order valence-electron chi connectivity index (χ2n) is 4.60. The first-order valence-corrected chi connectivity index (χ1v) is 6.10. The lowest BCUT2D eigenvalue weighted by atomic mass is 9.95. The minimum absolute atomic E-state index is 0.801. The largest absolute Gasteiger partial charge is 0.399 e. The van der Waals surface area contributed by atoms with Crippen molar-refractivity contribution in [3.63, 3.8) is 0 Å². The van der Waals surface area contributed by atoms with Crippen molar-refractivity contribution in [3.05, 3.63) is 66.2 Å². The van der Waals surface area contributed by atoms with Crippen molar-refractivity contribution >= 4 is 16.5 Å². The average molecular weight is 233 g/mol. The summed E-state index contributed by atoms with van der Waals surface area (Å²) in [6, 6.07) is 20.9. The van der Waals surface area contributed by atoms with Crippen LogP contribution in [0.25, 0.3) is 21.9 Å². The van der Waals surface area contributed by atoms with Gasteiger partial charge in [0.15, 0.2) is 0 Å². The third kappa shape index (κ3) is 1.74. The van der Waals surface area contributed by atoms with E-state index in [1.54, 1.807) is 0 Å². The highest BCUT2D eigenvalue weighted by molar-refractivity contribution is 5.98. The quantitative estimate of drug-likeness (QED) is 0.619. The first-order valence-electron chi connectivity index (χ1n) is 6.10. The predicted molar refractivity (Wildman–Crippen MR) is 78.5 cm³/mol. The Morgan fingerprint density at radius 1 is 0.722 bits per heavy atom. The molecule has 0 heterocycles. The zero-order chi connectivity index (χ0) is 12.5. The van der Waals surface area contributed by atoms with E-state index in [1.165, 1.54) is 27.5 Å². The monoisotopic (exact) mass is 233 g/mol. The number of benzene rings is 3. The van der Waals surface area contributed by atoms with Crippen LogP contribution in [0.5, 0.6) is 0 Å². The second-order valence-corrected chi connectivity index (χ2v) is 4.60. The summed E-state index contributed by atoms with van der Waals surface area (Å²) in [5.41, 5.74) is 10.3. The SMILES string of the molecule is Cc1ccc(-c2ccc(N)cc2)c2ccccc12. The van der Waals surface area contributed by atoms with E-state index in [9.17, 15) is 0 Å². The third-order valence-electron chi connectivity index (χ3n) is 3.36. The molecule has 0 aliphatic rings. The van der Waals surface area contributed by atoms with E-state index in [4.69, 9.17) is 5.73 Å². The van der Waals surface area contributed by atoms with E-state index in [2.05, 4.69) is 55.5 Å². The van der Waals surface area contributed by atoms with Crippen LogP contribution in [0.1, 0.15) is 5.56 Å². The van der Waals surface area contributed by atoms with E-state index >= 15 is 0 Å². The maximum absolute atomic E-state index is 5.74. The number of nitrogen functional groups attached to an aromatic ring is 1. The predicted octanol–water partition coefficient (Wildman–Crippen LogP) is 4.40. The molecule has 0 atom stereocenters. The minimum atomic E-state index is 0.801. The summed E-state index contributed by atoms with van der Waals surface area (Å²) in [5, 5.41) is 2.61. The number of hydrogen-bond acceptors (Lipinski definition) is 1. The van der Waals surface area contributed by atoms with Gasteiger partial charge in [0.2, 0.25) is 0 Å². The van der Waals surface area contributed by atoms with Crippen molar-refractivity contribution < 1.29 is 0 Å². The topological polar surface area (TPSA) is 26.0 Å². The van der Waals surface area contributed by atoms with Gasteiger partial charge >= 0.3 is 0 Å². The Morgan fingerprint density at radius 2 is 1.39 bits per heavy atom. The lowest BCUT2D eigenvalue weighted by Gasteiger charge is -2.09. The van der Waals surface area contributed by atoms with E-state index in [1.807, 2.05) is 12.1 Å². The molecule has 0 fully saturated rings. The number of fused-ring (bicyclic) bond motifs is 1. The highest BCUT2D eigenvalue weighted by Gasteiger charge is 2.04. The molecule has 0 bridgehead atoms. The third-order valence-corrected chi connectivity index (χ3v) is 3.36. The normalized spacial score (nSPS) is 10.7. The summed E-state index contributed by atoms with van der Waals surface area (Å²) in [4.78, 5) is 0. The molecule has 0 spiro atoms. The van der Waals surface area contributed by atoms with Crippen molar-refractivity contribution in [1.29, 1.82) is 0 Å². The fourth-order valence-electron chi connectivity index (χ4n) is 2.36. The molecule has 0 unspecified atom stereocenters. The van der Waals surface area contributed by atoms with Crippen molar-refractivity contribution in [2.24, 2.45) is 0 Å². The smallest absolute Gasteiger partial charge is 0.0314 e. The highest BCUT2D eigenvalue weighted by atomic mass is 14.5. The lowest BCUT2D eigenvalue weighted by molar-refractivity contribution is 1.52. The van der Waals surface area contributed by atoms with Crippen LogP contribution in [0.3, 0.4) is 0 Å². The summed E-state index contributed by atoms with van der Waals surface area (Å²) >= 11 is 0. The van der Waals surface area contributed by atoms with Gasteiger partial charge < -0.3 is 5.73 Å². The number of aryl methyl sites for hydroxylation is 1. The number of rotatable bonds is 1. The zero-order valence-electron chi connectivity index (χ0n) is 10.4. The summed E-state index contributed by atoms with van der Waals surface area (Å²) in [5.74, 6) is 0. The van der Waals surface area contributed by atoms with Crippen molar-refractivity contribution in [1.82, 2.24) is 0 Å². The Balaban J connectivity index is 2.30.